The van der Waals surface area contributed by atoms with Gasteiger partial charge in [-0.1, -0.05) is 23.2 Å². The summed E-state index contributed by atoms with van der Waals surface area (Å²) in [6, 6.07) is 7.34. The molecule has 0 saturated carbocycles. The molecule has 5 heteroatoms. The average molecular weight is 252 g/mol. The molecule has 2 rings (SSSR count). The minimum Gasteiger partial charge on any atom is -0.317 e. The number of benzene rings is 1. The van der Waals surface area contributed by atoms with Gasteiger partial charge in [-0.05, 0) is 18.2 Å². The molecule has 0 aliphatic heterocycles. The molecule has 0 unspecified atom stereocenters. The van der Waals surface area contributed by atoms with Gasteiger partial charge in [0.15, 0.2) is 0 Å². The van der Waals surface area contributed by atoms with Gasteiger partial charge < -0.3 is 4.57 Å². The lowest BCUT2D eigenvalue weighted by Crippen LogP contribution is -1.97. The van der Waals surface area contributed by atoms with Crippen molar-refractivity contribution in [3.8, 4) is 17.5 Å². The third-order valence-electron chi connectivity index (χ3n) is 2.13. The van der Waals surface area contributed by atoms with Crippen LogP contribution in [0.1, 0.15) is 0 Å². The van der Waals surface area contributed by atoms with E-state index in [1.165, 1.54) is 0 Å². The SMILES string of the molecule is N#CCn1ccnc1-c1ccc(Cl)c(Cl)c1. The second-order valence-corrected chi connectivity index (χ2v) is 3.98. The monoisotopic (exact) mass is 251 g/mol. The van der Waals surface area contributed by atoms with Crippen molar-refractivity contribution in [1.82, 2.24) is 9.55 Å². The van der Waals surface area contributed by atoms with Crippen molar-refractivity contribution in [3.63, 3.8) is 0 Å². The summed E-state index contributed by atoms with van der Waals surface area (Å²) >= 11 is 11.8. The smallest absolute Gasteiger partial charge is 0.140 e. The lowest BCUT2D eigenvalue weighted by atomic mass is 10.2. The molecule has 0 saturated heterocycles. The first-order valence-corrected chi connectivity index (χ1v) is 5.31. The van der Waals surface area contributed by atoms with Crippen molar-refractivity contribution >= 4 is 23.2 Å². The van der Waals surface area contributed by atoms with E-state index in [4.69, 9.17) is 28.5 Å². The Balaban J connectivity index is 2.47. The third-order valence-corrected chi connectivity index (χ3v) is 2.87. The first kappa shape index (κ1) is 11.0. The topological polar surface area (TPSA) is 41.6 Å². The van der Waals surface area contributed by atoms with E-state index >= 15 is 0 Å². The molecule has 0 amide bonds. The highest BCUT2D eigenvalue weighted by Crippen LogP contribution is 2.27. The minimum atomic E-state index is 0.260. The van der Waals surface area contributed by atoms with E-state index in [9.17, 15) is 0 Å². The summed E-state index contributed by atoms with van der Waals surface area (Å²) in [5, 5.41) is 9.64. The number of hydrogen-bond acceptors (Lipinski definition) is 2. The maximum Gasteiger partial charge on any atom is 0.140 e. The minimum absolute atomic E-state index is 0.260. The maximum atomic E-state index is 8.66. The molecular weight excluding hydrogens is 245 g/mol. The molecule has 2 aromatic rings. The number of aromatic nitrogens is 2. The molecule has 16 heavy (non-hydrogen) atoms. The molecule has 0 aliphatic carbocycles. The quantitative estimate of drug-likeness (QED) is 0.822. The van der Waals surface area contributed by atoms with Crippen molar-refractivity contribution in [2.24, 2.45) is 0 Å². The number of hydrogen-bond donors (Lipinski definition) is 0. The van der Waals surface area contributed by atoms with Crippen LogP contribution in [-0.2, 0) is 6.54 Å². The fourth-order valence-corrected chi connectivity index (χ4v) is 1.71. The largest absolute Gasteiger partial charge is 0.317 e. The summed E-state index contributed by atoms with van der Waals surface area (Å²) in [6.45, 7) is 0.260. The van der Waals surface area contributed by atoms with E-state index in [0.717, 1.165) is 5.56 Å². The van der Waals surface area contributed by atoms with Gasteiger partial charge in [0.25, 0.3) is 0 Å². The standard InChI is InChI=1S/C11H7Cl2N3/c12-9-2-1-8(7-10(9)13)11-15-4-6-16(11)5-3-14/h1-2,4,6-7H,5H2. The van der Waals surface area contributed by atoms with Gasteiger partial charge in [0.05, 0.1) is 16.1 Å². The van der Waals surface area contributed by atoms with Crippen LogP contribution in [0.25, 0.3) is 11.4 Å². The molecule has 0 fully saturated rings. The van der Waals surface area contributed by atoms with E-state index in [1.54, 1.807) is 29.1 Å². The van der Waals surface area contributed by atoms with Gasteiger partial charge in [-0.3, -0.25) is 0 Å². The number of nitrogens with zero attached hydrogens (tertiary/aromatic N) is 3. The zero-order valence-electron chi connectivity index (χ0n) is 8.19. The molecule has 0 spiro atoms. The summed E-state index contributed by atoms with van der Waals surface area (Å²) in [4.78, 5) is 4.19. The highest BCUT2D eigenvalue weighted by Gasteiger charge is 2.07. The Morgan fingerprint density at radius 2 is 2.12 bits per heavy atom. The molecule has 0 aliphatic rings. The lowest BCUT2D eigenvalue weighted by Gasteiger charge is -2.04. The maximum absolute atomic E-state index is 8.66. The molecule has 0 N–H and O–H groups in total. The molecule has 3 nitrogen and oxygen atoms in total. The fraction of sp³-hybridized carbons (Fsp3) is 0.0909. The Morgan fingerprint density at radius 1 is 1.31 bits per heavy atom. The van der Waals surface area contributed by atoms with Crippen LogP contribution < -0.4 is 0 Å². The lowest BCUT2D eigenvalue weighted by molar-refractivity contribution is 0.841. The van der Waals surface area contributed by atoms with Crippen molar-refractivity contribution in [2.45, 2.75) is 6.54 Å². The molecule has 1 aromatic heterocycles. The van der Waals surface area contributed by atoms with Gasteiger partial charge in [-0.2, -0.15) is 5.26 Å². The highest BCUT2D eigenvalue weighted by molar-refractivity contribution is 6.42. The second-order valence-electron chi connectivity index (χ2n) is 3.17. The first-order chi connectivity index (χ1) is 7.72. The van der Waals surface area contributed by atoms with Crippen molar-refractivity contribution in [2.75, 3.05) is 0 Å². The van der Waals surface area contributed by atoms with Crippen molar-refractivity contribution in [1.29, 1.82) is 5.26 Å². The molecular formula is C11H7Cl2N3. The molecule has 80 valence electrons. The molecule has 0 atom stereocenters. The van der Waals surface area contributed by atoms with E-state index < -0.39 is 0 Å². The summed E-state index contributed by atoms with van der Waals surface area (Å²) < 4.78 is 1.75. The summed E-state index contributed by atoms with van der Waals surface area (Å²) in [7, 11) is 0. The van der Waals surface area contributed by atoms with Gasteiger partial charge in [0, 0.05) is 18.0 Å². The Hall–Kier alpha value is -1.50. The van der Waals surface area contributed by atoms with Gasteiger partial charge in [0.1, 0.15) is 12.4 Å². The Kier molecular flexibility index (Phi) is 3.14. The summed E-state index contributed by atoms with van der Waals surface area (Å²) in [5.74, 6) is 0.708. The average Bonchev–Trinajstić information content (AvgIpc) is 2.71. The molecule has 1 heterocycles. The highest BCUT2D eigenvalue weighted by atomic mass is 35.5. The van der Waals surface area contributed by atoms with Crippen LogP contribution in [0, 0.1) is 11.3 Å². The number of halogens is 2. The van der Waals surface area contributed by atoms with Crippen molar-refractivity contribution < 1.29 is 0 Å². The summed E-state index contributed by atoms with van der Waals surface area (Å²) in [5.41, 5.74) is 0.842. The Morgan fingerprint density at radius 3 is 2.81 bits per heavy atom. The van der Waals surface area contributed by atoms with Crippen LogP contribution in [0.15, 0.2) is 30.6 Å². The molecule has 0 bridgehead atoms. The Labute approximate surface area is 103 Å². The van der Waals surface area contributed by atoms with E-state index in [2.05, 4.69) is 11.1 Å². The van der Waals surface area contributed by atoms with E-state index in [1.807, 2.05) is 6.07 Å². The van der Waals surface area contributed by atoms with Crippen LogP contribution in [-0.4, -0.2) is 9.55 Å². The number of imidazole rings is 1. The van der Waals surface area contributed by atoms with Crippen LogP contribution in [0.5, 0.6) is 0 Å². The van der Waals surface area contributed by atoms with Gasteiger partial charge in [-0.15, -0.1) is 0 Å². The van der Waals surface area contributed by atoms with Crippen molar-refractivity contribution in [3.05, 3.63) is 40.6 Å². The van der Waals surface area contributed by atoms with Gasteiger partial charge in [0.2, 0.25) is 0 Å². The first-order valence-electron chi connectivity index (χ1n) is 4.56. The molecule has 1 aromatic carbocycles. The number of rotatable bonds is 2. The zero-order chi connectivity index (χ0) is 11.5. The van der Waals surface area contributed by atoms with Gasteiger partial charge in [-0.25, -0.2) is 4.98 Å². The molecule has 0 radical (unpaired) electrons. The van der Waals surface area contributed by atoms with Crippen LogP contribution in [0.3, 0.4) is 0 Å². The fourth-order valence-electron chi connectivity index (χ4n) is 1.41. The van der Waals surface area contributed by atoms with E-state index in [0.29, 0.717) is 15.9 Å². The second kappa shape index (κ2) is 4.56. The van der Waals surface area contributed by atoms with E-state index in [-0.39, 0.29) is 6.54 Å². The number of nitriles is 1. The van der Waals surface area contributed by atoms with Gasteiger partial charge >= 0.3 is 0 Å². The predicted octanol–water partition coefficient (Wildman–Crippen LogP) is 3.38. The Bertz CT molecular complexity index is 555. The normalized spacial score (nSPS) is 10.1. The van der Waals surface area contributed by atoms with Crippen LogP contribution in [0.2, 0.25) is 10.0 Å². The predicted molar refractivity (Wildman–Crippen MR) is 63.3 cm³/mol. The summed E-state index contributed by atoms with van der Waals surface area (Å²) in [6.07, 6.45) is 3.40. The van der Waals surface area contributed by atoms with Crippen LogP contribution in [0.4, 0.5) is 0 Å². The third kappa shape index (κ3) is 2.04. The van der Waals surface area contributed by atoms with Crippen LogP contribution >= 0.6 is 23.2 Å². The zero-order valence-corrected chi connectivity index (χ0v) is 9.70.